The minimum Gasteiger partial charge on any atom is -0.357 e. The van der Waals surface area contributed by atoms with Gasteiger partial charge in [0.15, 0.2) is 5.96 Å². The number of carbonyl (C=O) groups excluding carboxylic acids is 1. The molecule has 2 N–H and O–H groups in total. The Hall–Kier alpha value is -1.26. The highest BCUT2D eigenvalue weighted by Gasteiger charge is 2.21. The SMILES string of the molecule is CCNC(=NCC(=O)N(C)C)NCC1CC1. The van der Waals surface area contributed by atoms with Gasteiger partial charge >= 0.3 is 0 Å². The topological polar surface area (TPSA) is 56.7 Å². The van der Waals surface area contributed by atoms with Gasteiger partial charge < -0.3 is 15.5 Å². The zero-order chi connectivity index (χ0) is 12.0. The first kappa shape index (κ1) is 12.8. The Morgan fingerprint density at radius 1 is 1.38 bits per heavy atom. The molecule has 1 amide bonds. The van der Waals surface area contributed by atoms with Crippen molar-refractivity contribution in [1.82, 2.24) is 15.5 Å². The summed E-state index contributed by atoms with van der Waals surface area (Å²) in [5.74, 6) is 1.56. The number of hydrogen-bond acceptors (Lipinski definition) is 2. The first-order valence-electron chi connectivity index (χ1n) is 5.85. The maximum atomic E-state index is 11.4. The molecule has 5 nitrogen and oxygen atoms in total. The molecule has 0 atom stereocenters. The normalized spacial score (nSPS) is 15.8. The molecular weight excluding hydrogens is 204 g/mol. The standard InChI is InChI=1S/C11H22N4O/c1-4-12-11(13-7-9-5-6-9)14-8-10(16)15(2)3/h9H,4-8H2,1-3H3,(H2,12,13,14). The van der Waals surface area contributed by atoms with Crippen molar-refractivity contribution in [3.05, 3.63) is 0 Å². The second-order valence-corrected chi connectivity index (χ2v) is 4.31. The van der Waals surface area contributed by atoms with E-state index in [2.05, 4.69) is 15.6 Å². The van der Waals surface area contributed by atoms with Crippen LogP contribution in [0.5, 0.6) is 0 Å². The summed E-state index contributed by atoms with van der Waals surface area (Å²) < 4.78 is 0. The minimum atomic E-state index is 0.0172. The zero-order valence-electron chi connectivity index (χ0n) is 10.4. The van der Waals surface area contributed by atoms with Gasteiger partial charge in [-0.3, -0.25) is 4.79 Å². The number of amides is 1. The lowest BCUT2D eigenvalue weighted by Gasteiger charge is -2.12. The van der Waals surface area contributed by atoms with E-state index in [0.717, 1.165) is 25.0 Å². The largest absolute Gasteiger partial charge is 0.357 e. The number of aliphatic imine (C=N–C) groups is 1. The molecule has 5 heteroatoms. The Kier molecular flexibility index (Phi) is 5.08. The second kappa shape index (κ2) is 6.35. The van der Waals surface area contributed by atoms with Gasteiger partial charge in [0.1, 0.15) is 6.54 Å². The predicted octanol–water partition coefficient (Wildman–Crippen LogP) is 0.0397. The van der Waals surface area contributed by atoms with E-state index in [-0.39, 0.29) is 12.5 Å². The molecule has 1 aliphatic carbocycles. The van der Waals surface area contributed by atoms with Crippen LogP contribution < -0.4 is 10.6 Å². The van der Waals surface area contributed by atoms with Crippen molar-refractivity contribution in [1.29, 1.82) is 0 Å². The predicted molar refractivity (Wildman–Crippen MR) is 65.4 cm³/mol. The van der Waals surface area contributed by atoms with Gasteiger partial charge in [-0.1, -0.05) is 0 Å². The lowest BCUT2D eigenvalue weighted by Crippen LogP contribution is -2.39. The van der Waals surface area contributed by atoms with Crippen molar-refractivity contribution in [2.45, 2.75) is 19.8 Å². The number of hydrogen-bond donors (Lipinski definition) is 2. The summed E-state index contributed by atoms with van der Waals surface area (Å²) in [7, 11) is 3.48. The fraction of sp³-hybridized carbons (Fsp3) is 0.818. The third-order valence-corrected chi connectivity index (χ3v) is 2.47. The van der Waals surface area contributed by atoms with E-state index in [4.69, 9.17) is 0 Å². The molecule has 0 saturated heterocycles. The molecule has 1 fully saturated rings. The summed E-state index contributed by atoms with van der Waals surface area (Å²) in [6.45, 7) is 3.99. The molecule has 0 aliphatic heterocycles. The third kappa shape index (κ3) is 5.00. The summed E-state index contributed by atoms with van der Waals surface area (Å²) in [6, 6.07) is 0. The van der Waals surface area contributed by atoms with Gasteiger partial charge in [0, 0.05) is 27.2 Å². The van der Waals surface area contributed by atoms with E-state index in [1.165, 1.54) is 12.8 Å². The number of nitrogens with one attached hydrogen (secondary N) is 2. The molecule has 0 aromatic rings. The van der Waals surface area contributed by atoms with Crippen molar-refractivity contribution in [3.8, 4) is 0 Å². The fourth-order valence-corrected chi connectivity index (χ4v) is 1.19. The Morgan fingerprint density at radius 2 is 2.06 bits per heavy atom. The molecule has 0 spiro atoms. The smallest absolute Gasteiger partial charge is 0.243 e. The summed E-state index contributed by atoms with van der Waals surface area (Å²) in [5.41, 5.74) is 0. The van der Waals surface area contributed by atoms with Crippen molar-refractivity contribution in [3.63, 3.8) is 0 Å². The van der Waals surface area contributed by atoms with Crippen LogP contribution >= 0.6 is 0 Å². The minimum absolute atomic E-state index is 0.0172. The van der Waals surface area contributed by atoms with Crippen LogP contribution in [0.15, 0.2) is 4.99 Å². The van der Waals surface area contributed by atoms with Crippen LogP contribution in [0.3, 0.4) is 0 Å². The summed E-state index contributed by atoms with van der Waals surface area (Å²) in [4.78, 5) is 17.2. The summed E-state index contributed by atoms with van der Waals surface area (Å²) in [6.07, 6.45) is 2.62. The summed E-state index contributed by atoms with van der Waals surface area (Å²) >= 11 is 0. The molecule has 0 heterocycles. The van der Waals surface area contributed by atoms with E-state index < -0.39 is 0 Å². The first-order valence-corrected chi connectivity index (χ1v) is 5.85. The van der Waals surface area contributed by atoms with Crippen LogP contribution in [0.4, 0.5) is 0 Å². The zero-order valence-corrected chi connectivity index (χ0v) is 10.4. The molecule has 92 valence electrons. The second-order valence-electron chi connectivity index (χ2n) is 4.31. The quantitative estimate of drug-likeness (QED) is 0.514. The van der Waals surface area contributed by atoms with Gasteiger partial charge in [-0.25, -0.2) is 4.99 Å². The molecule has 0 radical (unpaired) electrons. The van der Waals surface area contributed by atoms with Crippen LogP contribution in [0.25, 0.3) is 0 Å². The van der Waals surface area contributed by atoms with Gasteiger partial charge in [0.2, 0.25) is 5.91 Å². The fourth-order valence-electron chi connectivity index (χ4n) is 1.19. The van der Waals surface area contributed by atoms with Crippen molar-refractivity contribution in [2.24, 2.45) is 10.9 Å². The van der Waals surface area contributed by atoms with E-state index in [9.17, 15) is 4.79 Å². The molecular formula is C11H22N4O. The molecule has 1 saturated carbocycles. The first-order chi connectivity index (χ1) is 7.63. The van der Waals surface area contributed by atoms with E-state index in [1.807, 2.05) is 6.92 Å². The molecule has 0 aromatic heterocycles. The molecule has 0 aromatic carbocycles. The van der Waals surface area contributed by atoms with Crippen LogP contribution in [0, 0.1) is 5.92 Å². The molecule has 1 aliphatic rings. The van der Waals surface area contributed by atoms with Crippen molar-refractivity contribution in [2.75, 3.05) is 33.7 Å². The Balaban J connectivity index is 2.33. The number of nitrogens with zero attached hydrogens (tertiary/aromatic N) is 2. The molecule has 16 heavy (non-hydrogen) atoms. The Labute approximate surface area is 97.3 Å². The summed E-state index contributed by atoms with van der Waals surface area (Å²) in [5, 5.41) is 6.37. The highest BCUT2D eigenvalue weighted by Crippen LogP contribution is 2.27. The number of rotatable bonds is 5. The highest BCUT2D eigenvalue weighted by atomic mass is 16.2. The lowest BCUT2D eigenvalue weighted by molar-refractivity contribution is -0.127. The van der Waals surface area contributed by atoms with E-state index >= 15 is 0 Å². The van der Waals surface area contributed by atoms with E-state index in [1.54, 1.807) is 19.0 Å². The van der Waals surface area contributed by atoms with Gasteiger partial charge in [-0.05, 0) is 25.7 Å². The average Bonchev–Trinajstić information content (AvgIpc) is 3.05. The highest BCUT2D eigenvalue weighted by molar-refractivity contribution is 5.84. The molecule has 0 unspecified atom stereocenters. The van der Waals surface area contributed by atoms with Crippen LogP contribution in [0.2, 0.25) is 0 Å². The van der Waals surface area contributed by atoms with Crippen LogP contribution in [-0.2, 0) is 4.79 Å². The number of likely N-dealkylation sites (N-methyl/N-ethyl adjacent to an activating group) is 1. The van der Waals surface area contributed by atoms with Gasteiger partial charge in [-0.15, -0.1) is 0 Å². The van der Waals surface area contributed by atoms with Gasteiger partial charge in [0.25, 0.3) is 0 Å². The average molecular weight is 226 g/mol. The van der Waals surface area contributed by atoms with Crippen LogP contribution in [-0.4, -0.2) is 50.5 Å². The monoisotopic (exact) mass is 226 g/mol. The maximum absolute atomic E-state index is 11.4. The lowest BCUT2D eigenvalue weighted by atomic mass is 10.4. The van der Waals surface area contributed by atoms with Gasteiger partial charge in [0.05, 0.1) is 0 Å². The van der Waals surface area contributed by atoms with Crippen LogP contribution in [0.1, 0.15) is 19.8 Å². The third-order valence-electron chi connectivity index (χ3n) is 2.47. The van der Waals surface area contributed by atoms with Crippen molar-refractivity contribution >= 4 is 11.9 Å². The number of guanidine groups is 1. The van der Waals surface area contributed by atoms with Crippen molar-refractivity contribution < 1.29 is 4.79 Å². The molecule has 1 rings (SSSR count). The molecule has 0 bridgehead atoms. The number of carbonyl (C=O) groups is 1. The van der Waals surface area contributed by atoms with Gasteiger partial charge in [-0.2, -0.15) is 0 Å². The Morgan fingerprint density at radius 3 is 2.56 bits per heavy atom. The Bertz CT molecular complexity index is 259. The maximum Gasteiger partial charge on any atom is 0.243 e. The van der Waals surface area contributed by atoms with E-state index in [0.29, 0.717) is 0 Å².